The molecule has 2 rings (SSSR count). The fourth-order valence-corrected chi connectivity index (χ4v) is 1.35. The van der Waals surface area contributed by atoms with Crippen molar-refractivity contribution in [1.29, 1.82) is 5.26 Å². The standard InChI is InChI=1S/C12H14N2O/c13-8-11(14-10-6-7-10)9-15-12-4-2-1-3-5-12/h1-5,10-11,14H,6-7,9H2. The summed E-state index contributed by atoms with van der Waals surface area (Å²) in [4.78, 5) is 0. The van der Waals surface area contributed by atoms with Gasteiger partial charge in [0.15, 0.2) is 0 Å². The van der Waals surface area contributed by atoms with Gasteiger partial charge < -0.3 is 4.74 Å². The van der Waals surface area contributed by atoms with Crippen LogP contribution in [0, 0.1) is 11.3 Å². The fraction of sp³-hybridized carbons (Fsp3) is 0.417. The molecule has 3 heteroatoms. The van der Waals surface area contributed by atoms with E-state index in [2.05, 4.69) is 11.4 Å². The van der Waals surface area contributed by atoms with Gasteiger partial charge in [-0.25, -0.2) is 0 Å². The zero-order chi connectivity index (χ0) is 10.5. The molecule has 1 aromatic rings. The van der Waals surface area contributed by atoms with Crippen molar-refractivity contribution < 1.29 is 4.74 Å². The summed E-state index contributed by atoms with van der Waals surface area (Å²) in [6.45, 7) is 0.414. The Morgan fingerprint density at radius 1 is 1.40 bits per heavy atom. The number of nitriles is 1. The SMILES string of the molecule is N#CC(COc1ccccc1)NC1CC1. The summed E-state index contributed by atoms with van der Waals surface area (Å²) >= 11 is 0. The maximum absolute atomic E-state index is 8.89. The summed E-state index contributed by atoms with van der Waals surface area (Å²) in [7, 11) is 0. The maximum Gasteiger partial charge on any atom is 0.130 e. The molecule has 1 aliphatic carbocycles. The first kappa shape index (κ1) is 10.0. The number of rotatable bonds is 5. The zero-order valence-electron chi connectivity index (χ0n) is 8.52. The van der Waals surface area contributed by atoms with Crippen molar-refractivity contribution in [1.82, 2.24) is 5.32 Å². The molecular formula is C12H14N2O. The van der Waals surface area contributed by atoms with E-state index >= 15 is 0 Å². The highest BCUT2D eigenvalue weighted by Crippen LogP contribution is 2.19. The molecular weight excluding hydrogens is 188 g/mol. The van der Waals surface area contributed by atoms with E-state index in [0.717, 1.165) is 5.75 Å². The minimum atomic E-state index is -0.197. The minimum Gasteiger partial charge on any atom is -0.491 e. The zero-order valence-corrected chi connectivity index (χ0v) is 8.52. The fourth-order valence-electron chi connectivity index (χ4n) is 1.35. The molecule has 1 aliphatic rings. The number of nitrogens with one attached hydrogen (secondary N) is 1. The van der Waals surface area contributed by atoms with Gasteiger partial charge >= 0.3 is 0 Å². The van der Waals surface area contributed by atoms with Crippen LogP contribution in [0.5, 0.6) is 5.75 Å². The Labute approximate surface area is 89.7 Å². The molecule has 3 nitrogen and oxygen atoms in total. The average Bonchev–Trinajstić information content (AvgIpc) is 3.09. The number of nitrogens with zero attached hydrogens (tertiary/aromatic N) is 1. The summed E-state index contributed by atoms with van der Waals surface area (Å²) in [5.74, 6) is 0.815. The first-order valence-electron chi connectivity index (χ1n) is 5.22. The smallest absolute Gasteiger partial charge is 0.130 e. The summed E-state index contributed by atoms with van der Waals surface area (Å²) < 4.78 is 5.50. The first-order valence-corrected chi connectivity index (χ1v) is 5.22. The number of benzene rings is 1. The van der Waals surface area contributed by atoms with Crippen LogP contribution in [0.1, 0.15) is 12.8 Å². The molecule has 0 aliphatic heterocycles. The van der Waals surface area contributed by atoms with E-state index in [1.165, 1.54) is 12.8 Å². The average molecular weight is 202 g/mol. The van der Waals surface area contributed by atoms with Gasteiger partial charge in [-0.1, -0.05) is 18.2 Å². The third kappa shape index (κ3) is 3.26. The molecule has 0 amide bonds. The largest absolute Gasteiger partial charge is 0.491 e. The van der Waals surface area contributed by atoms with Crippen molar-refractivity contribution in [3.63, 3.8) is 0 Å². The Hall–Kier alpha value is -1.53. The van der Waals surface area contributed by atoms with Gasteiger partial charge in [0.2, 0.25) is 0 Å². The number of hydrogen-bond acceptors (Lipinski definition) is 3. The van der Waals surface area contributed by atoms with Gasteiger partial charge in [-0.15, -0.1) is 0 Å². The van der Waals surface area contributed by atoms with Crippen LogP contribution in [-0.2, 0) is 0 Å². The summed E-state index contributed by atoms with van der Waals surface area (Å²) in [5, 5.41) is 12.1. The summed E-state index contributed by atoms with van der Waals surface area (Å²) in [5.41, 5.74) is 0. The van der Waals surface area contributed by atoms with Crippen LogP contribution in [0.3, 0.4) is 0 Å². The van der Waals surface area contributed by atoms with Crippen LogP contribution in [0.4, 0.5) is 0 Å². The molecule has 0 aromatic heterocycles. The molecule has 1 aromatic carbocycles. The van der Waals surface area contributed by atoms with Gasteiger partial charge in [0.1, 0.15) is 18.4 Å². The van der Waals surface area contributed by atoms with Crippen LogP contribution in [-0.4, -0.2) is 18.7 Å². The van der Waals surface area contributed by atoms with E-state index < -0.39 is 0 Å². The second kappa shape index (κ2) is 4.81. The van der Waals surface area contributed by atoms with Crippen molar-refractivity contribution >= 4 is 0 Å². The summed E-state index contributed by atoms with van der Waals surface area (Å²) in [6, 6.07) is 12.1. The molecule has 1 atom stereocenters. The lowest BCUT2D eigenvalue weighted by Gasteiger charge is -2.11. The molecule has 0 radical (unpaired) electrons. The van der Waals surface area contributed by atoms with E-state index in [1.807, 2.05) is 30.3 Å². The minimum absolute atomic E-state index is 0.197. The van der Waals surface area contributed by atoms with Gasteiger partial charge in [-0.2, -0.15) is 5.26 Å². The quantitative estimate of drug-likeness (QED) is 0.790. The molecule has 1 fully saturated rings. The number of para-hydroxylation sites is 1. The highest BCUT2D eigenvalue weighted by molar-refractivity contribution is 5.21. The van der Waals surface area contributed by atoms with Gasteiger partial charge in [0.05, 0.1) is 6.07 Å². The van der Waals surface area contributed by atoms with Crippen molar-refractivity contribution in [3.8, 4) is 11.8 Å². The first-order chi connectivity index (χ1) is 7.38. The molecule has 0 spiro atoms. The van der Waals surface area contributed by atoms with Gasteiger partial charge in [0.25, 0.3) is 0 Å². The number of ether oxygens (including phenoxy) is 1. The molecule has 1 unspecified atom stereocenters. The highest BCUT2D eigenvalue weighted by Gasteiger charge is 2.24. The highest BCUT2D eigenvalue weighted by atomic mass is 16.5. The topological polar surface area (TPSA) is 45.0 Å². The molecule has 15 heavy (non-hydrogen) atoms. The Morgan fingerprint density at radius 3 is 2.73 bits per heavy atom. The molecule has 1 N–H and O–H groups in total. The third-order valence-electron chi connectivity index (χ3n) is 2.33. The van der Waals surface area contributed by atoms with E-state index in [1.54, 1.807) is 0 Å². The second-order valence-corrected chi connectivity index (χ2v) is 3.75. The molecule has 1 saturated carbocycles. The molecule has 0 bridgehead atoms. The van der Waals surface area contributed by atoms with Crippen LogP contribution in [0.15, 0.2) is 30.3 Å². The van der Waals surface area contributed by atoms with Crippen LogP contribution < -0.4 is 10.1 Å². The van der Waals surface area contributed by atoms with Crippen molar-refractivity contribution in [2.24, 2.45) is 0 Å². The maximum atomic E-state index is 8.89. The third-order valence-corrected chi connectivity index (χ3v) is 2.33. The Balaban J connectivity index is 1.78. The normalized spacial score (nSPS) is 16.7. The van der Waals surface area contributed by atoms with E-state index in [4.69, 9.17) is 10.00 Å². The summed E-state index contributed by atoms with van der Waals surface area (Å²) in [6.07, 6.45) is 2.37. The van der Waals surface area contributed by atoms with Crippen molar-refractivity contribution in [3.05, 3.63) is 30.3 Å². The number of hydrogen-bond donors (Lipinski definition) is 1. The predicted molar refractivity (Wildman–Crippen MR) is 57.5 cm³/mol. The Morgan fingerprint density at radius 2 is 2.13 bits per heavy atom. The van der Waals surface area contributed by atoms with Crippen molar-refractivity contribution in [2.75, 3.05) is 6.61 Å². The molecule has 0 heterocycles. The van der Waals surface area contributed by atoms with Gasteiger partial charge in [-0.3, -0.25) is 5.32 Å². The lowest BCUT2D eigenvalue weighted by atomic mass is 10.3. The van der Waals surface area contributed by atoms with Crippen LogP contribution in [0.2, 0.25) is 0 Å². The van der Waals surface area contributed by atoms with Crippen LogP contribution >= 0.6 is 0 Å². The predicted octanol–water partition coefficient (Wildman–Crippen LogP) is 1.71. The Kier molecular flexibility index (Phi) is 3.21. The van der Waals surface area contributed by atoms with Crippen molar-refractivity contribution in [2.45, 2.75) is 24.9 Å². The monoisotopic (exact) mass is 202 g/mol. The second-order valence-electron chi connectivity index (χ2n) is 3.75. The van der Waals surface area contributed by atoms with E-state index in [0.29, 0.717) is 12.6 Å². The Bertz CT molecular complexity index is 340. The lowest BCUT2D eigenvalue weighted by Crippen LogP contribution is -2.34. The lowest BCUT2D eigenvalue weighted by molar-refractivity contribution is 0.288. The van der Waals surface area contributed by atoms with Gasteiger partial charge in [-0.05, 0) is 25.0 Å². The molecule has 0 saturated heterocycles. The van der Waals surface area contributed by atoms with E-state index in [9.17, 15) is 0 Å². The van der Waals surface area contributed by atoms with Crippen LogP contribution in [0.25, 0.3) is 0 Å². The van der Waals surface area contributed by atoms with E-state index in [-0.39, 0.29) is 6.04 Å². The van der Waals surface area contributed by atoms with Gasteiger partial charge in [0, 0.05) is 6.04 Å². The molecule has 78 valence electrons.